The molecule has 0 aromatic rings. The maximum Gasteiger partial charge on any atom is 0.309 e. The Bertz CT molecular complexity index is 548. The summed E-state index contributed by atoms with van der Waals surface area (Å²) in [6.45, 7) is 5.94. The largest absolute Gasteiger partial charge is 0.457 e. The number of carbonyl (C=O) groups excluding carboxylic acids is 2. The number of esters is 1. The van der Waals surface area contributed by atoms with Crippen LogP contribution in [0.3, 0.4) is 0 Å². The van der Waals surface area contributed by atoms with E-state index in [0.717, 1.165) is 24.0 Å². The van der Waals surface area contributed by atoms with Crippen molar-refractivity contribution in [2.75, 3.05) is 0 Å². The van der Waals surface area contributed by atoms with Crippen molar-refractivity contribution < 1.29 is 19.1 Å². The Kier molecular flexibility index (Phi) is 1.91. The van der Waals surface area contributed by atoms with Gasteiger partial charge in [-0.05, 0) is 26.7 Å². The van der Waals surface area contributed by atoms with E-state index in [-0.39, 0.29) is 35.3 Å². The fourth-order valence-corrected chi connectivity index (χ4v) is 4.46. The van der Waals surface area contributed by atoms with Crippen molar-refractivity contribution in [1.29, 1.82) is 0 Å². The molecule has 1 spiro atoms. The Morgan fingerprint density at radius 2 is 2.05 bits per heavy atom. The Labute approximate surface area is 112 Å². The molecule has 1 saturated carbocycles. The molecule has 19 heavy (non-hydrogen) atoms. The van der Waals surface area contributed by atoms with Gasteiger partial charge in [-0.25, -0.2) is 0 Å². The summed E-state index contributed by atoms with van der Waals surface area (Å²) in [5.41, 5.74) is 0.891. The predicted molar refractivity (Wildman–Crippen MR) is 66.3 cm³/mol. The maximum atomic E-state index is 12.4. The number of allylic oxidation sites excluding steroid dienone is 1. The van der Waals surface area contributed by atoms with Crippen LogP contribution in [0.2, 0.25) is 0 Å². The molecular weight excluding hydrogens is 244 g/mol. The minimum atomic E-state index is -0.763. The van der Waals surface area contributed by atoms with Gasteiger partial charge in [0.2, 0.25) is 0 Å². The van der Waals surface area contributed by atoms with E-state index in [1.165, 1.54) is 0 Å². The first-order chi connectivity index (χ1) is 8.91. The van der Waals surface area contributed by atoms with Gasteiger partial charge in [-0.2, -0.15) is 0 Å². The number of fused-ring (bicyclic) bond motifs is 2. The van der Waals surface area contributed by atoms with Gasteiger partial charge in [-0.3, -0.25) is 9.59 Å². The lowest BCUT2D eigenvalue weighted by Gasteiger charge is -2.21. The molecule has 0 radical (unpaired) electrons. The third kappa shape index (κ3) is 1.11. The molecule has 4 heteroatoms. The van der Waals surface area contributed by atoms with Crippen LogP contribution in [0.25, 0.3) is 0 Å². The van der Waals surface area contributed by atoms with Gasteiger partial charge in [0.25, 0.3) is 0 Å². The number of carbonyl (C=O) groups is 2. The smallest absolute Gasteiger partial charge is 0.309 e. The number of rotatable bonds is 0. The fraction of sp³-hybridized carbons (Fsp3) is 0.733. The molecule has 102 valence electrons. The molecule has 2 saturated heterocycles. The van der Waals surface area contributed by atoms with Crippen LogP contribution in [0.5, 0.6) is 0 Å². The van der Waals surface area contributed by atoms with Crippen molar-refractivity contribution >= 4 is 11.8 Å². The van der Waals surface area contributed by atoms with Crippen LogP contribution >= 0.6 is 0 Å². The van der Waals surface area contributed by atoms with Crippen LogP contribution < -0.4 is 0 Å². The maximum absolute atomic E-state index is 12.4. The molecule has 4 rings (SSSR count). The first-order valence-electron chi connectivity index (χ1n) is 7.05. The molecule has 0 unspecified atom stereocenters. The fourth-order valence-electron chi connectivity index (χ4n) is 4.46. The molecule has 0 aromatic carbocycles. The standard InChI is InChI=1S/C15H18O4/c1-7-6-10(16)15-11(7)12-9(8(2)13(17)18-12)4-5-14(15,3)19-15/h8-9,12H,4-6H2,1-3H3/t8-,9-,12-,14+,15-/m0/s1. The first-order valence-corrected chi connectivity index (χ1v) is 7.05. The first kappa shape index (κ1) is 11.6. The molecule has 0 aromatic heterocycles. The van der Waals surface area contributed by atoms with Gasteiger partial charge < -0.3 is 9.47 Å². The summed E-state index contributed by atoms with van der Waals surface area (Å²) >= 11 is 0. The molecule has 3 fully saturated rings. The molecule has 2 heterocycles. The predicted octanol–water partition coefficient (Wildman–Crippen LogP) is 1.77. The van der Waals surface area contributed by atoms with Gasteiger partial charge in [-0.1, -0.05) is 12.5 Å². The molecular formula is C15H18O4. The molecule has 2 aliphatic carbocycles. The van der Waals surface area contributed by atoms with E-state index in [0.29, 0.717) is 6.42 Å². The Morgan fingerprint density at radius 3 is 2.79 bits per heavy atom. The van der Waals surface area contributed by atoms with Gasteiger partial charge in [0, 0.05) is 17.9 Å². The quantitative estimate of drug-likeness (QED) is 0.379. The monoisotopic (exact) mass is 262 g/mol. The lowest BCUT2D eigenvalue weighted by atomic mass is 9.83. The summed E-state index contributed by atoms with van der Waals surface area (Å²) in [4.78, 5) is 24.2. The van der Waals surface area contributed by atoms with Crippen molar-refractivity contribution in [3.05, 3.63) is 11.1 Å². The second-order valence-corrected chi connectivity index (χ2v) is 6.66. The summed E-state index contributed by atoms with van der Waals surface area (Å²) in [6.07, 6.45) is 1.93. The molecule has 4 nitrogen and oxygen atoms in total. The van der Waals surface area contributed by atoms with Gasteiger partial charge in [-0.15, -0.1) is 0 Å². The number of ether oxygens (including phenoxy) is 2. The van der Waals surface area contributed by atoms with Crippen LogP contribution in [-0.4, -0.2) is 29.1 Å². The molecule has 2 aliphatic heterocycles. The summed E-state index contributed by atoms with van der Waals surface area (Å²) < 4.78 is 11.5. The van der Waals surface area contributed by atoms with Crippen molar-refractivity contribution in [3.63, 3.8) is 0 Å². The zero-order chi connectivity index (χ0) is 13.6. The summed E-state index contributed by atoms with van der Waals surface area (Å²) in [6, 6.07) is 0. The van der Waals surface area contributed by atoms with Crippen molar-refractivity contribution in [2.24, 2.45) is 11.8 Å². The number of epoxide rings is 1. The van der Waals surface area contributed by atoms with E-state index in [1.807, 2.05) is 20.8 Å². The third-order valence-electron chi connectivity index (χ3n) is 5.62. The third-order valence-corrected chi connectivity index (χ3v) is 5.62. The molecule has 0 bridgehead atoms. The van der Waals surface area contributed by atoms with E-state index in [2.05, 4.69) is 0 Å². The zero-order valence-corrected chi connectivity index (χ0v) is 11.5. The van der Waals surface area contributed by atoms with E-state index < -0.39 is 5.60 Å². The topological polar surface area (TPSA) is 55.9 Å². The second kappa shape index (κ2) is 3.11. The van der Waals surface area contributed by atoms with E-state index in [1.54, 1.807) is 0 Å². The Morgan fingerprint density at radius 1 is 1.32 bits per heavy atom. The van der Waals surface area contributed by atoms with Gasteiger partial charge in [0.1, 0.15) is 11.7 Å². The van der Waals surface area contributed by atoms with Crippen LogP contribution in [0.15, 0.2) is 11.1 Å². The molecule has 5 atom stereocenters. The van der Waals surface area contributed by atoms with Crippen LogP contribution in [-0.2, 0) is 19.1 Å². The van der Waals surface area contributed by atoms with Crippen molar-refractivity contribution in [1.82, 2.24) is 0 Å². The highest BCUT2D eigenvalue weighted by Gasteiger charge is 2.78. The van der Waals surface area contributed by atoms with Gasteiger partial charge >= 0.3 is 5.97 Å². The molecule has 4 aliphatic rings. The number of ketones is 1. The highest BCUT2D eigenvalue weighted by molar-refractivity contribution is 6.01. The number of hydrogen-bond donors (Lipinski definition) is 0. The Hall–Kier alpha value is -1.16. The van der Waals surface area contributed by atoms with E-state index in [9.17, 15) is 9.59 Å². The lowest BCUT2D eigenvalue weighted by Crippen LogP contribution is -2.34. The Balaban J connectivity index is 1.87. The minimum Gasteiger partial charge on any atom is -0.457 e. The van der Waals surface area contributed by atoms with Crippen LogP contribution in [0.1, 0.15) is 40.0 Å². The van der Waals surface area contributed by atoms with E-state index >= 15 is 0 Å². The summed E-state index contributed by atoms with van der Waals surface area (Å²) in [5, 5.41) is 0. The highest BCUT2D eigenvalue weighted by atomic mass is 16.6. The van der Waals surface area contributed by atoms with Crippen molar-refractivity contribution in [2.45, 2.75) is 57.3 Å². The summed E-state index contributed by atoms with van der Waals surface area (Å²) in [5.74, 6) is 0.153. The minimum absolute atomic E-state index is 0.0702. The lowest BCUT2D eigenvalue weighted by molar-refractivity contribution is -0.143. The average molecular weight is 262 g/mol. The number of hydrogen-bond acceptors (Lipinski definition) is 4. The SMILES string of the molecule is CC1=C2[C@H]3OC(=O)[C@@H](C)[C@@H]3CC[C@@]3(C)O[C@@]23C(=O)C1. The zero-order valence-electron chi connectivity index (χ0n) is 11.5. The second-order valence-electron chi connectivity index (χ2n) is 6.66. The van der Waals surface area contributed by atoms with Crippen molar-refractivity contribution in [3.8, 4) is 0 Å². The van der Waals surface area contributed by atoms with Gasteiger partial charge in [0.15, 0.2) is 11.4 Å². The number of Topliss-reactive ketones (excluding diaryl/α,β-unsaturated/α-hetero) is 1. The average Bonchev–Trinajstić information content (AvgIpc) is 2.77. The molecule has 0 N–H and O–H groups in total. The van der Waals surface area contributed by atoms with E-state index in [4.69, 9.17) is 9.47 Å². The van der Waals surface area contributed by atoms with Gasteiger partial charge in [0.05, 0.1) is 5.92 Å². The molecule has 0 amide bonds. The normalized spacial score (nSPS) is 51.4. The summed E-state index contributed by atoms with van der Waals surface area (Å²) in [7, 11) is 0. The van der Waals surface area contributed by atoms with Crippen LogP contribution in [0, 0.1) is 11.8 Å². The highest BCUT2D eigenvalue weighted by Crippen LogP contribution is 2.65. The van der Waals surface area contributed by atoms with Crippen LogP contribution in [0.4, 0.5) is 0 Å².